The van der Waals surface area contributed by atoms with Crippen LogP contribution in [0.1, 0.15) is 39.8 Å². The Balaban J connectivity index is 1.48. The van der Waals surface area contributed by atoms with Crippen molar-refractivity contribution in [3.8, 4) is 17.2 Å². The number of hydrazone groups is 1. The van der Waals surface area contributed by atoms with Crippen molar-refractivity contribution >= 4 is 39.7 Å². The lowest BCUT2D eigenvalue weighted by Crippen LogP contribution is -2.18. The van der Waals surface area contributed by atoms with E-state index in [0.717, 1.165) is 32.7 Å². The van der Waals surface area contributed by atoms with Crippen LogP contribution in [-0.4, -0.2) is 23.3 Å². The highest BCUT2D eigenvalue weighted by molar-refractivity contribution is 9.10. The fourth-order valence-corrected chi connectivity index (χ4v) is 4.50. The zero-order valence-corrected chi connectivity index (χ0v) is 23.1. The summed E-state index contributed by atoms with van der Waals surface area (Å²) in [6.45, 7) is 6.74. The van der Waals surface area contributed by atoms with Crippen LogP contribution in [0.5, 0.6) is 11.5 Å². The molecule has 0 saturated carbocycles. The summed E-state index contributed by atoms with van der Waals surface area (Å²) >= 11 is 9.81. The van der Waals surface area contributed by atoms with Crippen molar-refractivity contribution in [1.82, 2.24) is 9.99 Å². The van der Waals surface area contributed by atoms with Crippen molar-refractivity contribution in [3.05, 3.63) is 110 Å². The van der Waals surface area contributed by atoms with Gasteiger partial charge < -0.3 is 14.0 Å². The minimum absolute atomic E-state index is 0.302. The van der Waals surface area contributed by atoms with Gasteiger partial charge in [0, 0.05) is 43.3 Å². The van der Waals surface area contributed by atoms with Crippen LogP contribution in [0.2, 0.25) is 5.02 Å². The van der Waals surface area contributed by atoms with Gasteiger partial charge in [0.1, 0.15) is 6.61 Å². The number of ether oxygens (including phenoxy) is 2. The average molecular weight is 581 g/mol. The van der Waals surface area contributed by atoms with E-state index in [9.17, 15) is 4.79 Å². The number of carbonyl (C=O) groups excluding carboxylic acids is 1. The van der Waals surface area contributed by atoms with E-state index < -0.39 is 0 Å². The summed E-state index contributed by atoms with van der Waals surface area (Å²) in [5, 5.41) is 4.81. The van der Waals surface area contributed by atoms with Crippen LogP contribution in [-0.2, 0) is 6.61 Å². The van der Waals surface area contributed by atoms with Gasteiger partial charge >= 0.3 is 0 Å². The summed E-state index contributed by atoms with van der Waals surface area (Å²) in [6.07, 6.45) is 1.56. The van der Waals surface area contributed by atoms with E-state index in [-0.39, 0.29) is 5.91 Å². The molecule has 8 heteroatoms. The van der Waals surface area contributed by atoms with E-state index in [4.69, 9.17) is 21.1 Å². The molecule has 1 aromatic heterocycles. The Morgan fingerprint density at radius 3 is 2.46 bits per heavy atom. The summed E-state index contributed by atoms with van der Waals surface area (Å²) in [4.78, 5) is 12.8. The first kappa shape index (κ1) is 26.5. The number of benzene rings is 3. The molecule has 4 aromatic rings. The third kappa shape index (κ3) is 6.42. The number of hydrogen-bond acceptors (Lipinski definition) is 4. The molecule has 0 unspecified atom stereocenters. The number of aromatic nitrogens is 1. The number of aryl methyl sites for hydroxylation is 2. The van der Waals surface area contributed by atoms with E-state index in [0.29, 0.717) is 35.3 Å². The number of rotatable bonds is 9. The molecular formula is C29H27BrClN3O3. The second-order valence-electron chi connectivity index (χ2n) is 8.33. The highest BCUT2D eigenvalue weighted by Crippen LogP contribution is 2.34. The first-order valence-electron chi connectivity index (χ1n) is 11.8. The van der Waals surface area contributed by atoms with Crippen LogP contribution < -0.4 is 14.9 Å². The maximum absolute atomic E-state index is 12.8. The molecule has 1 amide bonds. The monoisotopic (exact) mass is 579 g/mol. The Bertz CT molecular complexity index is 1430. The lowest BCUT2D eigenvalue weighted by molar-refractivity contribution is 0.0955. The highest BCUT2D eigenvalue weighted by Gasteiger charge is 2.12. The van der Waals surface area contributed by atoms with Gasteiger partial charge in [-0.25, -0.2) is 5.43 Å². The minimum Gasteiger partial charge on any atom is -0.490 e. The van der Waals surface area contributed by atoms with E-state index in [1.165, 1.54) is 0 Å². The Hall–Kier alpha value is -3.55. The van der Waals surface area contributed by atoms with Crippen molar-refractivity contribution in [2.75, 3.05) is 6.61 Å². The number of halogens is 2. The Morgan fingerprint density at radius 1 is 1.00 bits per heavy atom. The van der Waals surface area contributed by atoms with Crippen molar-refractivity contribution in [3.63, 3.8) is 0 Å². The van der Waals surface area contributed by atoms with Crippen LogP contribution in [0.15, 0.2) is 82.4 Å². The van der Waals surface area contributed by atoms with Crippen LogP contribution in [0, 0.1) is 13.8 Å². The largest absolute Gasteiger partial charge is 0.490 e. The van der Waals surface area contributed by atoms with Crippen molar-refractivity contribution in [2.24, 2.45) is 5.10 Å². The zero-order chi connectivity index (χ0) is 26.4. The van der Waals surface area contributed by atoms with Gasteiger partial charge in [-0.05, 0) is 85.2 Å². The van der Waals surface area contributed by atoms with Gasteiger partial charge in [-0.3, -0.25) is 4.79 Å². The molecule has 0 bridgehead atoms. The fourth-order valence-electron chi connectivity index (χ4n) is 3.89. The number of nitrogens with zero attached hydrogens (tertiary/aromatic N) is 2. The topological polar surface area (TPSA) is 64.8 Å². The van der Waals surface area contributed by atoms with Crippen LogP contribution in [0.3, 0.4) is 0 Å². The maximum atomic E-state index is 12.8. The van der Waals surface area contributed by atoms with E-state index in [1.54, 1.807) is 12.3 Å². The van der Waals surface area contributed by atoms with Crippen LogP contribution in [0.25, 0.3) is 5.69 Å². The first-order chi connectivity index (χ1) is 17.9. The molecule has 6 nitrogen and oxygen atoms in total. The van der Waals surface area contributed by atoms with Gasteiger partial charge in [-0.1, -0.05) is 35.9 Å². The molecule has 37 heavy (non-hydrogen) atoms. The summed E-state index contributed by atoms with van der Waals surface area (Å²) in [7, 11) is 0. The Kier molecular flexibility index (Phi) is 8.69. The van der Waals surface area contributed by atoms with Gasteiger partial charge in [0.05, 0.1) is 12.8 Å². The molecular weight excluding hydrogens is 554 g/mol. The predicted molar refractivity (Wildman–Crippen MR) is 151 cm³/mol. The molecule has 0 aliphatic carbocycles. The molecule has 0 atom stereocenters. The number of hydrogen-bond donors (Lipinski definition) is 1. The molecule has 0 radical (unpaired) electrons. The Labute approximate surface area is 230 Å². The Morgan fingerprint density at radius 2 is 1.73 bits per heavy atom. The highest BCUT2D eigenvalue weighted by atomic mass is 79.9. The van der Waals surface area contributed by atoms with Gasteiger partial charge in [-0.15, -0.1) is 0 Å². The zero-order valence-electron chi connectivity index (χ0n) is 20.8. The van der Waals surface area contributed by atoms with Crippen LogP contribution in [0.4, 0.5) is 0 Å². The molecule has 0 aliphatic rings. The summed E-state index contributed by atoms with van der Waals surface area (Å²) < 4.78 is 14.6. The van der Waals surface area contributed by atoms with Gasteiger partial charge in [0.25, 0.3) is 5.91 Å². The molecule has 3 aromatic carbocycles. The lowest BCUT2D eigenvalue weighted by Gasteiger charge is -2.14. The second-order valence-corrected chi connectivity index (χ2v) is 9.60. The SMILES string of the molecule is CCOc1cc(/C=N\NC(=O)c2cccc(-n3c(C)ccc3C)c2)c(Br)cc1OCc1ccccc1Cl. The third-order valence-electron chi connectivity index (χ3n) is 5.71. The van der Waals surface area contributed by atoms with E-state index in [2.05, 4.69) is 31.0 Å². The molecule has 190 valence electrons. The maximum Gasteiger partial charge on any atom is 0.271 e. The van der Waals surface area contributed by atoms with Crippen molar-refractivity contribution in [1.29, 1.82) is 0 Å². The summed E-state index contributed by atoms with van der Waals surface area (Å²) in [5.74, 6) is 0.833. The predicted octanol–water partition coefficient (Wildman–Crippen LogP) is 7.25. The lowest BCUT2D eigenvalue weighted by atomic mass is 10.2. The minimum atomic E-state index is -0.304. The molecule has 0 aliphatic heterocycles. The molecule has 0 fully saturated rings. The van der Waals surface area contributed by atoms with E-state index in [1.807, 2.05) is 87.5 Å². The van der Waals surface area contributed by atoms with Gasteiger partial charge in [0.15, 0.2) is 11.5 Å². The fraction of sp³-hybridized carbons (Fsp3) is 0.172. The van der Waals surface area contributed by atoms with Gasteiger partial charge in [-0.2, -0.15) is 5.10 Å². The second kappa shape index (κ2) is 12.1. The quantitative estimate of drug-likeness (QED) is 0.167. The molecule has 0 spiro atoms. The average Bonchev–Trinajstić information content (AvgIpc) is 3.23. The standard InChI is InChI=1S/C29H27BrClN3O3/c1-4-36-27-15-23(25(30)16-28(27)37-18-22-8-5-6-11-26(22)31)17-32-33-29(35)21-9-7-10-24(14-21)34-19(2)12-13-20(34)3/h5-17H,4,18H2,1-3H3,(H,33,35)/b32-17-. The molecule has 4 rings (SSSR count). The molecule has 0 saturated heterocycles. The van der Waals surface area contributed by atoms with Gasteiger partial charge in [0.2, 0.25) is 0 Å². The number of amides is 1. The summed E-state index contributed by atoms with van der Waals surface area (Å²) in [6, 6.07) is 22.7. The third-order valence-corrected chi connectivity index (χ3v) is 6.77. The first-order valence-corrected chi connectivity index (χ1v) is 13.0. The number of carbonyl (C=O) groups is 1. The summed E-state index contributed by atoms with van der Waals surface area (Å²) in [5.41, 5.74) is 7.85. The van der Waals surface area contributed by atoms with Crippen LogP contribution >= 0.6 is 27.5 Å². The van der Waals surface area contributed by atoms with Crippen molar-refractivity contribution < 1.29 is 14.3 Å². The smallest absolute Gasteiger partial charge is 0.271 e. The van der Waals surface area contributed by atoms with Crippen molar-refractivity contribution in [2.45, 2.75) is 27.4 Å². The molecule has 1 heterocycles. The normalized spacial score (nSPS) is 11.1. The number of nitrogens with one attached hydrogen (secondary N) is 1. The molecule has 1 N–H and O–H groups in total. The van der Waals surface area contributed by atoms with E-state index >= 15 is 0 Å².